The number of nitrogens with zero attached hydrogens (tertiary/aromatic N) is 2. The maximum absolute atomic E-state index is 13.0. The summed E-state index contributed by atoms with van der Waals surface area (Å²) in [6.45, 7) is 6.39. The molecule has 5 rings (SSSR count). The SMILES string of the molecule is COc1ccc(CN(Cc2cc3cc4c(cc3[nH]c2=O)OCO4)C(=S)NCCCN2CCOCC2)cc1. The van der Waals surface area contributed by atoms with E-state index in [0.717, 1.165) is 62.5 Å². The predicted octanol–water partition coefficient (Wildman–Crippen LogP) is 2.86. The standard InChI is InChI=1S/C27H32N4O5S/c1-33-22-5-3-19(4-6-22)16-31(27(37)28-7-2-8-30-9-11-34-12-10-30)17-21-13-20-14-24-25(36-18-35-24)15-23(20)29-26(21)32/h3-6,13-15H,2,7-12,16-18H2,1H3,(H,28,37)(H,29,32). The number of ether oxygens (including phenoxy) is 4. The molecule has 2 aliphatic rings. The summed E-state index contributed by atoms with van der Waals surface area (Å²) in [5.74, 6) is 2.11. The number of morpholine rings is 1. The highest BCUT2D eigenvalue weighted by molar-refractivity contribution is 7.80. The van der Waals surface area contributed by atoms with Crippen molar-refractivity contribution < 1.29 is 18.9 Å². The highest BCUT2D eigenvalue weighted by atomic mass is 32.1. The Bertz CT molecular complexity index is 1290. The maximum Gasteiger partial charge on any atom is 0.253 e. The van der Waals surface area contributed by atoms with Crippen molar-refractivity contribution in [3.63, 3.8) is 0 Å². The van der Waals surface area contributed by atoms with E-state index in [1.807, 2.05) is 41.3 Å². The fourth-order valence-electron chi connectivity index (χ4n) is 4.55. The van der Waals surface area contributed by atoms with Crippen molar-refractivity contribution in [3.8, 4) is 17.2 Å². The highest BCUT2D eigenvalue weighted by Gasteiger charge is 2.18. The molecule has 10 heteroatoms. The van der Waals surface area contributed by atoms with E-state index in [9.17, 15) is 4.79 Å². The van der Waals surface area contributed by atoms with Gasteiger partial charge < -0.3 is 34.1 Å². The van der Waals surface area contributed by atoms with Crippen molar-refractivity contribution in [3.05, 3.63) is 63.9 Å². The fourth-order valence-corrected chi connectivity index (χ4v) is 4.78. The molecule has 9 nitrogen and oxygen atoms in total. The van der Waals surface area contributed by atoms with Crippen LogP contribution in [-0.2, 0) is 17.8 Å². The molecule has 1 aromatic heterocycles. The van der Waals surface area contributed by atoms with E-state index in [2.05, 4.69) is 15.2 Å². The number of aromatic nitrogens is 1. The van der Waals surface area contributed by atoms with Crippen LogP contribution in [0.15, 0.2) is 47.3 Å². The number of hydrogen-bond donors (Lipinski definition) is 2. The normalized spacial score (nSPS) is 15.1. The van der Waals surface area contributed by atoms with Crippen LogP contribution >= 0.6 is 12.2 Å². The number of aromatic amines is 1. The van der Waals surface area contributed by atoms with Gasteiger partial charge in [0.15, 0.2) is 16.6 Å². The first kappa shape index (κ1) is 25.3. The second kappa shape index (κ2) is 11.8. The van der Waals surface area contributed by atoms with Gasteiger partial charge in [-0.1, -0.05) is 12.1 Å². The van der Waals surface area contributed by atoms with Gasteiger partial charge in [0.1, 0.15) is 5.75 Å². The summed E-state index contributed by atoms with van der Waals surface area (Å²) in [6.07, 6.45) is 0.972. The Morgan fingerprint density at radius 3 is 2.62 bits per heavy atom. The van der Waals surface area contributed by atoms with E-state index < -0.39 is 0 Å². The number of benzene rings is 2. The van der Waals surface area contributed by atoms with Crippen LogP contribution in [0, 0.1) is 0 Å². The Morgan fingerprint density at radius 1 is 1.11 bits per heavy atom. The maximum atomic E-state index is 13.0. The Labute approximate surface area is 221 Å². The molecule has 3 heterocycles. The molecule has 2 aromatic carbocycles. The molecule has 0 amide bonds. The zero-order valence-electron chi connectivity index (χ0n) is 21.0. The van der Waals surface area contributed by atoms with Gasteiger partial charge in [0.25, 0.3) is 5.56 Å². The number of fused-ring (bicyclic) bond motifs is 2. The summed E-state index contributed by atoms with van der Waals surface area (Å²) in [5.41, 5.74) is 2.25. The number of hydrogen-bond acceptors (Lipinski definition) is 7. The third-order valence-electron chi connectivity index (χ3n) is 6.63. The second-order valence-corrected chi connectivity index (χ2v) is 9.55. The molecule has 37 heavy (non-hydrogen) atoms. The van der Waals surface area contributed by atoms with E-state index in [-0.39, 0.29) is 12.4 Å². The number of H-pyrrole nitrogens is 1. The van der Waals surface area contributed by atoms with Crippen molar-refractivity contribution in [2.75, 3.05) is 53.3 Å². The van der Waals surface area contributed by atoms with Crippen molar-refractivity contribution in [2.24, 2.45) is 0 Å². The van der Waals surface area contributed by atoms with E-state index in [4.69, 9.17) is 31.2 Å². The molecule has 0 bridgehead atoms. The van der Waals surface area contributed by atoms with Gasteiger partial charge in [0, 0.05) is 43.2 Å². The number of nitrogens with one attached hydrogen (secondary N) is 2. The van der Waals surface area contributed by atoms with E-state index in [1.54, 1.807) is 13.2 Å². The lowest BCUT2D eigenvalue weighted by atomic mass is 10.1. The Morgan fingerprint density at radius 2 is 1.86 bits per heavy atom. The lowest BCUT2D eigenvalue weighted by molar-refractivity contribution is 0.0376. The van der Waals surface area contributed by atoms with Gasteiger partial charge in [-0.05, 0) is 55.0 Å². The lowest BCUT2D eigenvalue weighted by Gasteiger charge is -2.28. The molecule has 3 aromatic rings. The lowest BCUT2D eigenvalue weighted by Crippen LogP contribution is -2.42. The summed E-state index contributed by atoms with van der Waals surface area (Å²) in [4.78, 5) is 20.4. The number of methoxy groups -OCH3 is 1. The Hall–Kier alpha value is -3.34. The van der Waals surface area contributed by atoms with Crippen LogP contribution in [0.3, 0.4) is 0 Å². The molecule has 196 valence electrons. The summed E-state index contributed by atoms with van der Waals surface area (Å²) in [6, 6.07) is 13.5. The molecule has 0 saturated carbocycles. The molecular formula is C27H32N4O5S. The molecule has 1 saturated heterocycles. The molecule has 0 radical (unpaired) electrons. The number of pyridine rings is 1. The number of rotatable bonds is 9. The molecule has 0 spiro atoms. The molecule has 0 unspecified atom stereocenters. The first-order chi connectivity index (χ1) is 18.1. The molecule has 1 fully saturated rings. The Balaban J connectivity index is 1.30. The van der Waals surface area contributed by atoms with Crippen LogP contribution < -0.4 is 25.1 Å². The van der Waals surface area contributed by atoms with Crippen LogP contribution in [0.25, 0.3) is 10.9 Å². The van der Waals surface area contributed by atoms with Crippen LogP contribution in [0.4, 0.5) is 0 Å². The minimum absolute atomic E-state index is 0.152. The summed E-state index contributed by atoms with van der Waals surface area (Å²) >= 11 is 5.80. The quantitative estimate of drug-likeness (QED) is 0.324. The third-order valence-corrected chi connectivity index (χ3v) is 7.03. The minimum atomic E-state index is -0.152. The van der Waals surface area contributed by atoms with Gasteiger partial charge in [-0.25, -0.2) is 0 Å². The van der Waals surface area contributed by atoms with Gasteiger partial charge in [-0.3, -0.25) is 9.69 Å². The van der Waals surface area contributed by atoms with Crippen LogP contribution in [0.2, 0.25) is 0 Å². The summed E-state index contributed by atoms with van der Waals surface area (Å²) in [5, 5.41) is 4.90. The summed E-state index contributed by atoms with van der Waals surface area (Å²) in [7, 11) is 1.65. The van der Waals surface area contributed by atoms with Crippen molar-refractivity contribution in [1.82, 2.24) is 20.1 Å². The molecule has 2 N–H and O–H groups in total. The zero-order chi connectivity index (χ0) is 25.6. The highest BCUT2D eigenvalue weighted by Crippen LogP contribution is 2.35. The van der Waals surface area contributed by atoms with Crippen molar-refractivity contribution in [2.45, 2.75) is 19.5 Å². The van der Waals surface area contributed by atoms with Gasteiger partial charge in [-0.2, -0.15) is 0 Å². The number of thiocarbonyl (C=S) groups is 1. The molecular weight excluding hydrogens is 492 g/mol. The average molecular weight is 525 g/mol. The third kappa shape index (κ3) is 6.33. The fraction of sp³-hybridized carbons (Fsp3) is 0.407. The Kier molecular flexibility index (Phi) is 8.08. The first-order valence-electron chi connectivity index (χ1n) is 12.5. The monoisotopic (exact) mass is 524 g/mol. The first-order valence-corrected chi connectivity index (χ1v) is 12.9. The molecule has 0 atom stereocenters. The van der Waals surface area contributed by atoms with Gasteiger partial charge in [0.05, 0.1) is 32.4 Å². The van der Waals surface area contributed by atoms with Gasteiger partial charge in [0.2, 0.25) is 6.79 Å². The van der Waals surface area contributed by atoms with Crippen molar-refractivity contribution >= 4 is 28.2 Å². The van der Waals surface area contributed by atoms with Crippen molar-refractivity contribution in [1.29, 1.82) is 0 Å². The van der Waals surface area contributed by atoms with Crippen LogP contribution in [-0.4, -0.2) is 73.2 Å². The summed E-state index contributed by atoms with van der Waals surface area (Å²) < 4.78 is 21.7. The van der Waals surface area contributed by atoms with E-state index >= 15 is 0 Å². The topological polar surface area (TPSA) is 88.3 Å². The van der Waals surface area contributed by atoms with Gasteiger partial charge >= 0.3 is 0 Å². The zero-order valence-corrected chi connectivity index (χ0v) is 21.8. The molecule has 2 aliphatic heterocycles. The smallest absolute Gasteiger partial charge is 0.253 e. The largest absolute Gasteiger partial charge is 0.497 e. The van der Waals surface area contributed by atoms with Crippen LogP contribution in [0.1, 0.15) is 17.5 Å². The van der Waals surface area contributed by atoms with E-state index in [0.29, 0.717) is 40.8 Å². The van der Waals surface area contributed by atoms with Crippen LogP contribution in [0.5, 0.6) is 17.2 Å². The minimum Gasteiger partial charge on any atom is -0.497 e. The predicted molar refractivity (Wildman–Crippen MR) is 145 cm³/mol. The molecule has 0 aliphatic carbocycles. The second-order valence-electron chi connectivity index (χ2n) is 9.16. The average Bonchev–Trinajstić information content (AvgIpc) is 3.38. The van der Waals surface area contributed by atoms with Gasteiger partial charge in [-0.15, -0.1) is 0 Å². The van der Waals surface area contributed by atoms with E-state index in [1.165, 1.54) is 0 Å².